The van der Waals surface area contributed by atoms with Gasteiger partial charge in [-0.3, -0.25) is 0 Å². The maximum Gasteiger partial charge on any atom is 0.123 e. The molecule has 1 aromatic carbocycles. The molecule has 1 N–H and O–H groups in total. The molecule has 0 atom stereocenters. The molecular weight excluding hydrogens is 259 g/mol. The molecule has 0 aliphatic heterocycles. The van der Waals surface area contributed by atoms with Gasteiger partial charge in [0, 0.05) is 17.5 Å². The van der Waals surface area contributed by atoms with E-state index in [0.717, 1.165) is 35.3 Å². The third kappa shape index (κ3) is 4.40. The molecule has 0 saturated heterocycles. The molecule has 0 saturated carbocycles. The number of rotatable bonds is 6. The van der Waals surface area contributed by atoms with Crippen molar-refractivity contribution < 1.29 is 4.39 Å². The molecule has 0 aliphatic rings. The third-order valence-electron chi connectivity index (χ3n) is 2.85. The van der Waals surface area contributed by atoms with E-state index in [9.17, 15) is 4.39 Å². The van der Waals surface area contributed by atoms with Crippen molar-refractivity contribution in [2.45, 2.75) is 26.8 Å². The highest BCUT2D eigenvalue weighted by Crippen LogP contribution is 2.23. The lowest BCUT2D eigenvalue weighted by Crippen LogP contribution is -2.16. The fourth-order valence-electron chi connectivity index (χ4n) is 1.72. The Kier molecular flexibility index (Phi) is 5.05. The lowest BCUT2D eigenvalue weighted by atomic mass is 10.1. The molecule has 0 fully saturated rings. The van der Waals surface area contributed by atoms with Crippen LogP contribution in [0.2, 0.25) is 0 Å². The largest absolute Gasteiger partial charge is 0.311 e. The summed E-state index contributed by atoms with van der Waals surface area (Å²) in [6, 6.07) is 6.48. The van der Waals surface area contributed by atoms with Gasteiger partial charge in [-0.05, 0) is 43.1 Å². The molecule has 2 nitrogen and oxygen atoms in total. The first-order valence-electron chi connectivity index (χ1n) is 6.56. The van der Waals surface area contributed by atoms with Crippen LogP contribution in [-0.2, 0) is 6.54 Å². The van der Waals surface area contributed by atoms with Crippen LogP contribution in [0.5, 0.6) is 0 Å². The Labute approximate surface area is 117 Å². The Morgan fingerprint density at radius 2 is 2.00 bits per heavy atom. The van der Waals surface area contributed by atoms with Gasteiger partial charge in [-0.15, -0.1) is 11.3 Å². The summed E-state index contributed by atoms with van der Waals surface area (Å²) in [5.41, 5.74) is 2.02. The molecular formula is C15H19FN2S. The summed E-state index contributed by atoms with van der Waals surface area (Å²) in [5, 5.41) is 6.39. The average molecular weight is 278 g/mol. The van der Waals surface area contributed by atoms with E-state index in [1.54, 1.807) is 23.5 Å². The summed E-state index contributed by atoms with van der Waals surface area (Å²) in [5.74, 6) is 0.508. The Morgan fingerprint density at radius 3 is 2.68 bits per heavy atom. The standard InChI is InChI=1S/C15H19FN2S/c1-11(2)7-8-17-9-14-10-19-15(18-14)12-3-5-13(16)6-4-12/h3-6,10-11,17H,7-9H2,1-2H3. The minimum Gasteiger partial charge on any atom is -0.311 e. The van der Waals surface area contributed by atoms with Crippen LogP contribution in [0.1, 0.15) is 26.0 Å². The molecule has 0 amide bonds. The highest BCUT2D eigenvalue weighted by atomic mass is 32.1. The van der Waals surface area contributed by atoms with Gasteiger partial charge in [0.1, 0.15) is 10.8 Å². The maximum atomic E-state index is 12.9. The second kappa shape index (κ2) is 6.78. The van der Waals surface area contributed by atoms with Crippen molar-refractivity contribution in [3.8, 4) is 10.6 Å². The maximum absolute atomic E-state index is 12.9. The molecule has 0 unspecified atom stereocenters. The Morgan fingerprint density at radius 1 is 1.26 bits per heavy atom. The summed E-state index contributed by atoms with van der Waals surface area (Å²) < 4.78 is 12.9. The van der Waals surface area contributed by atoms with E-state index in [1.165, 1.54) is 18.6 Å². The Hall–Kier alpha value is -1.26. The first kappa shape index (κ1) is 14.2. The molecule has 19 heavy (non-hydrogen) atoms. The smallest absolute Gasteiger partial charge is 0.123 e. The number of halogens is 1. The van der Waals surface area contributed by atoms with Crippen molar-refractivity contribution in [2.75, 3.05) is 6.54 Å². The van der Waals surface area contributed by atoms with Crippen LogP contribution in [0.15, 0.2) is 29.6 Å². The summed E-state index contributed by atoms with van der Waals surface area (Å²) in [4.78, 5) is 4.56. The van der Waals surface area contributed by atoms with E-state index in [0.29, 0.717) is 0 Å². The predicted molar refractivity (Wildman–Crippen MR) is 78.7 cm³/mol. The fraction of sp³-hybridized carbons (Fsp3) is 0.400. The monoisotopic (exact) mass is 278 g/mol. The Bertz CT molecular complexity index is 505. The second-order valence-corrected chi connectivity index (χ2v) is 5.87. The highest BCUT2D eigenvalue weighted by Gasteiger charge is 2.04. The van der Waals surface area contributed by atoms with Gasteiger partial charge in [-0.2, -0.15) is 0 Å². The van der Waals surface area contributed by atoms with E-state index >= 15 is 0 Å². The summed E-state index contributed by atoms with van der Waals surface area (Å²) >= 11 is 1.60. The van der Waals surface area contributed by atoms with E-state index in [-0.39, 0.29) is 5.82 Å². The highest BCUT2D eigenvalue weighted by molar-refractivity contribution is 7.13. The summed E-state index contributed by atoms with van der Waals surface area (Å²) in [6.45, 7) is 6.25. The quantitative estimate of drug-likeness (QED) is 0.805. The lowest BCUT2D eigenvalue weighted by molar-refractivity contribution is 0.535. The van der Waals surface area contributed by atoms with Gasteiger partial charge in [0.05, 0.1) is 5.69 Å². The normalized spacial score (nSPS) is 11.2. The van der Waals surface area contributed by atoms with Gasteiger partial charge in [-0.1, -0.05) is 13.8 Å². The van der Waals surface area contributed by atoms with Crippen molar-refractivity contribution in [3.63, 3.8) is 0 Å². The number of aromatic nitrogens is 1. The molecule has 1 aromatic heterocycles. The number of hydrogen-bond donors (Lipinski definition) is 1. The van der Waals surface area contributed by atoms with Gasteiger partial charge in [0.25, 0.3) is 0 Å². The van der Waals surface area contributed by atoms with Crippen LogP contribution in [0.25, 0.3) is 10.6 Å². The first-order chi connectivity index (χ1) is 9.15. The van der Waals surface area contributed by atoms with Crippen molar-refractivity contribution >= 4 is 11.3 Å². The van der Waals surface area contributed by atoms with Gasteiger partial charge < -0.3 is 5.32 Å². The molecule has 102 valence electrons. The van der Waals surface area contributed by atoms with Crippen molar-refractivity contribution in [1.82, 2.24) is 10.3 Å². The van der Waals surface area contributed by atoms with Gasteiger partial charge in [0.15, 0.2) is 0 Å². The molecule has 2 aromatic rings. The van der Waals surface area contributed by atoms with Crippen LogP contribution in [0, 0.1) is 11.7 Å². The van der Waals surface area contributed by atoms with E-state index < -0.39 is 0 Å². The first-order valence-corrected chi connectivity index (χ1v) is 7.44. The number of nitrogens with one attached hydrogen (secondary N) is 1. The van der Waals surface area contributed by atoms with Gasteiger partial charge in [0.2, 0.25) is 0 Å². The summed E-state index contributed by atoms with van der Waals surface area (Å²) in [7, 11) is 0. The van der Waals surface area contributed by atoms with Crippen molar-refractivity contribution in [1.29, 1.82) is 0 Å². The van der Waals surface area contributed by atoms with Crippen LogP contribution >= 0.6 is 11.3 Å². The zero-order valence-electron chi connectivity index (χ0n) is 11.3. The average Bonchev–Trinajstić information content (AvgIpc) is 2.84. The molecule has 0 aliphatic carbocycles. The second-order valence-electron chi connectivity index (χ2n) is 5.01. The van der Waals surface area contributed by atoms with Crippen molar-refractivity contribution in [3.05, 3.63) is 41.2 Å². The molecule has 4 heteroatoms. The number of hydrogen-bond acceptors (Lipinski definition) is 3. The van der Waals surface area contributed by atoms with E-state index in [2.05, 4.69) is 29.5 Å². The number of thiazole rings is 1. The molecule has 0 radical (unpaired) electrons. The minimum atomic E-state index is -0.212. The zero-order valence-corrected chi connectivity index (χ0v) is 12.1. The van der Waals surface area contributed by atoms with Crippen LogP contribution in [-0.4, -0.2) is 11.5 Å². The van der Waals surface area contributed by atoms with Crippen LogP contribution < -0.4 is 5.32 Å². The topological polar surface area (TPSA) is 24.9 Å². The predicted octanol–water partition coefficient (Wildman–Crippen LogP) is 4.08. The van der Waals surface area contributed by atoms with Crippen LogP contribution in [0.4, 0.5) is 4.39 Å². The van der Waals surface area contributed by atoms with Gasteiger partial charge >= 0.3 is 0 Å². The minimum absolute atomic E-state index is 0.212. The number of nitrogens with zero attached hydrogens (tertiary/aromatic N) is 1. The Balaban J connectivity index is 1.90. The van der Waals surface area contributed by atoms with E-state index in [4.69, 9.17) is 0 Å². The lowest BCUT2D eigenvalue weighted by Gasteiger charge is -2.04. The molecule has 2 rings (SSSR count). The van der Waals surface area contributed by atoms with E-state index in [1.807, 2.05) is 0 Å². The molecule has 0 spiro atoms. The van der Waals surface area contributed by atoms with Gasteiger partial charge in [-0.25, -0.2) is 9.37 Å². The fourth-order valence-corrected chi connectivity index (χ4v) is 2.55. The zero-order chi connectivity index (χ0) is 13.7. The molecule has 1 heterocycles. The molecule has 0 bridgehead atoms. The summed E-state index contributed by atoms with van der Waals surface area (Å²) in [6.07, 6.45) is 1.18. The van der Waals surface area contributed by atoms with Crippen LogP contribution in [0.3, 0.4) is 0 Å². The SMILES string of the molecule is CC(C)CCNCc1csc(-c2ccc(F)cc2)n1. The number of benzene rings is 1. The van der Waals surface area contributed by atoms with Crippen molar-refractivity contribution in [2.24, 2.45) is 5.92 Å². The third-order valence-corrected chi connectivity index (χ3v) is 3.79.